The number of aromatic nitrogens is 2. The van der Waals surface area contributed by atoms with Crippen LogP contribution in [0.1, 0.15) is 37.7 Å². The third-order valence-corrected chi connectivity index (χ3v) is 7.22. The maximum absolute atomic E-state index is 13.0. The summed E-state index contributed by atoms with van der Waals surface area (Å²) in [5.41, 5.74) is 0.630. The molecule has 2 aliphatic heterocycles. The van der Waals surface area contributed by atoms with E-state index in [4.69, 9.17) is 0 Å². The Labute approximate surface area is 159 Å². The molecule has 1 aromatic rings. The molecule has 26 heavy (non-hydrogen) atoms. The number of piperazine rings is 1. The molecule has 0 aromatic carbocycles. The summed E-state index contributed by atoms with van der Waals surface area (Å²) in [6, 6.07) is 0.728. The molecule has 0 unspecified atom stereocenters. The van der Waals surface area contributed by atoms with Gasteiger partial charge in [0.15, 0.2) is 5.16 Å². The second-order valence-corrected chi connectivity index (χ2v) is 8.79. The number of carbonyl (C=O) groups is 1. The van der Waals surface area contributed by atoms with E-state index in [1.807, 2.05) is 4.90 Å². The van der Waals surface area contributed by atoms with Gasteiger partial charge < -0.3 is 4.90 Å². The molecule has 2 fully saturated rings. The largest absolute Gasteiger partial charge is 0.340 e. The van der Waals surface area contributed by atoms with Gasteiger partial charge in [0.1, 0.15) is 0 Å². The molecule has 3 heterocycles. The molecule has 6 nitrogen and oxygen atoms in total. The molecule has 1 aromatic heterocycles. The average molecular weight is 377 g/mol. The Morgan fingerprint density at radius 2 is 1.88 bits per heavy atom. The molecule has 1 amide bonds. The summed E-state index contributed by atoms with van der Waals surface area (Å²) >= 11 is 1.53. The fourth-order valence-electron chi connectivity index (χ4n) is 4.46. The first-order valence-corrected chi connectivity index (χ1v) is 10.8. The first-order valence-electron chi connectivity index (χ1n) is 9.85. The monoisotopic (exact) mass is 376 g/mol. The van der Waals surface area contributed by atoms with Gasteiger partial charge in [-0.05, 0) is 19.8 Å². The molecule has 0 radical (unpaired) electrons. The van der Waals surface area contributed by atoms with Crippen LogP contribution < -0.4 is 5.56 Å². The van der Waals surface area contributed by atoms with Crippen molar-refractivity contribution < 1.29 is 4.79 Å². The van der Waals surface area contributed by atoms with E-state index in [9.17, 15) is 9.59 Å². The maximum atomic E-state index is 13.0. The molecule has 0 spiro atoms. The summed E-state index contributed by atoms with van der Waals surface area (Å²) < 4.78 is 1.68. The number of hydrogen-bond donors (Lipinski definition) is 0. The Kier molecular flexibility index (Phi) is 5.36. The summed E-state index contributed by atoms with van der Waals surface area (Å²) in [6.45, 7) is 5.89. The molecule has 7 heteroatoms. The second kappa shape index (κ2) is 7.72. The van der Waals surface area contributed by atoms with Crippen LogP contribution in [0.2, 0.25) is 0 Å². The summed E-state index contributed by atoms with van der Waals surface area (Å²) in [7, 11) is 0. The van der Waals surface area contributed by atoms with Crippen molar-refractivity contribution in [3.05, 3.63) is 22.1 Å². The van der Waals surface area contributed by atoms with Crippen LogP contribution >= 0.6 is 11.8 Å². The highest BCUT2D eigenvalue weighted by Gasteiger charge is 2.33. The van der Waals surface area contributed by atoms with Crippen molar-refractivity contribution in [1.29, 1.82) is 0 Å². The highest BCUT2D eigenvalue weighted by molar-refractivity contribution is 7.99. The zero-order valence-electron chi connectivity index (χ0n) is 15.5. The second-order valence-electron chi connectivity index (χ2n) is 7.80. The zero-order valence-corrected chi connectivity index (χ0v) is 16.3. The number of amides is 1. The molecule has 1 saturated heterocycles. The Morgan fingerprint density at radius 3 is 2.62 bits per heavy atom. The third-order valence-electron chi connectivity index (χ3n) is 6.06. The van der Waals surface area contributed by atoms with Crippen molar-refractivity contribution >= 4 is 17.7 Å². The van der Waals surface area contributed by atoms with E-state index in [1.54, 1.807) is 17.7 Å². The van der Waals surface area contributed by atoms with Crippen molar-refractivity contribution in [1.82, 2.24) is 19.4 Å². The third kappa shape index (κ3) is 3.56. The number of fused-ring (bicyclic) bond motifs is 1. The molecule has 142 valence electrons. The number of rotatable bonds is 2. The smallest absolute Gasteiger partial charge is 0.257 e. The summed E-state index contributed by atoms with van der Waals surface area (Å²) in [6.07, 6.45) is 8.35. The Hall–Kier alpha value is -1.34. The first-order chi connectivity index (χ1) is 12.6. The topological polar surface area (TPSA) is 58.4 Å². The summed E-state index contributed by atoms with van der Waals surface area (Å²) in [5, 5.41) is 0.742. The SMILES string of the molecule is Cc1cnc2n(c1=O)C[C@H](C(=O)N1CCN(C3CCCCC3)CC1)CS2. The van der Waals surface area contributed by atoms with Crippen LogP contribution in [0, 0.1) is 12.8 Å². The molecule has 0 N–H and O–H groups in total. The molecule has 3 aliphatic rings. The minimum Gasteiger partial charge on any atom is -0.340 e. The normalized spacial score (nSPS) is 25.1. The van der Waals surface area contributed by atoms with Crippen LogP contribution in [-0.4, -0.2) is 63.2 Å². The van der Waals surface area contributed by atoms with Crippen molar-refractivity contribution in [3.8, 4) is 0 Å². The molecular weight excluding hydrogens is 348 g/mol. The number of thioether (sulfide) groups is 1. The van der Waals surface area contributed by atoms with E-state index in [-0.39, 0.29) is 17.4 Å². The minimum atomic E-state index is -0.116. The van der Waals surface area contributed by atoms with E-state index in [1.165, 1.54) is 43.9 Å². The molecule has 4 rings (SSSR count). The van der Waals surface area contributed by atoms with Gasteiger partial charge in [-0.1, -0.05) is 31.0 Å². The quantitative estimate of drug-likeness (QED) is 0.736. The van der Waals surface area contributed by atoms with E-state index < -0.39 is 0 Å². The Balaban J connectivity index is 1.37. The molecule has 1 aliphatic carbocycles. The van der Waals surface area contributed by atoms with Gasteiger partial charge >= 0.3 is 0 Å². The van der Waals surface area contributed by atoms with Crippen LogP contribution in [0.4, 0.5) is 0 Å². The molecule has 1 atom stereocenters. The van der Waals surface area contributed by atoms with Gasteiger partial charge in [0.05, 0.1) is 5.92 Å². The van der Waals surface area contributed by atoms with Crippen LogP contribution in [0.25, 0.3) is 0 Å². The van der Waals surface area contributed by atoms with E-state index in [0.29, 0.717) is 12.1 Å². The lowest BCUT2D eigenvalue weighted by molar-refractivity contribution is -0.137. The number of aryl methyl sites for hydroxylation is 1. The molecule has 1 saturated carbocycles. The van der Waals surface area contributed by atoms with Crippen LogP contribution in [-0.2, 0) is 11.3 Å². The van der Waals surface area contributed by atoms with Crippen LogP contribution in [0.5, 0.6) is 0 Å². The van der Waals surface area contributed by atoms with Gasteiger partial charge in [0.2, 0.25) is 5.91 Å². The average Bonchev–Trinajstić information content (AvgIpc) is 2.71. The van der Waals surface area contributed by atoms with Crippen molar-refractivity contribution in [2.45, 2.75) is 56.8 Å². The van der Waals surface area contributed by atoms with Crippen LogP contribution in [0.3, 0.4) is 0 Å². The fourth-order valence-corrected chi connectivity index (χ4v) is 5.50. The molecule has 0 bridgehead atoms. The number of carbonyl (C=O) groups excluding carboxylic acids is 1. The van der Waals surface area contributed by atoms with Gasteiger partial charge in [-0.25, -0.2) is 4.98 Å². The summed E-state index contributed by atoms with van der Waals surface area (Å²) in [5.74, 6) is 0.812. The fraction of sp³-hybridized carbons (Fsp3) is 0.737. The van der Waals surface area contributed by atoms with Crippen molar-refractivity contribution in [3.63, 3.8) is 0 Å². The highest BCUT2D eigenvalue weighted by Crippen LogP contribution is 2.27. The Bertz CT molecular complexity index is 721. The van der Waals surface area contributed by atoms with Gasteiger partial charge in [-0.3, -0.25) is 19.1 Å². The zero-order chi connectivity index (χ0) is 18.1. The van der Waals surface area contributed by atoms with Gasteiger partial charge in [0, 0.05) is 56.3 Å². The Morgan fingerprint density at radius 1 is 1.15 bits per heavy atom. The molecular formula is C19H28N4O2S. The standard InChI is InChI=1S/C19H28N4O2S/c1-14-11-20-19-23(17(14)24)12-15(13-26-19)18(25)22-9-7-21(8-10-22)16-5-3-2-4-6-16/h11,15-16H,2-10,12-13H2,1H3/t15-/m0/s1. The first kappa shape index (κ1) is 18.0. The number of hydrogen-bond acceptors (Lipinski definition) is 5. The van der Waals surface area contributed by atoms with Crippen LogP contribution in [0.15, 0.2) is 16.1 Å². The van der Waals surface area contributed by atoms with E-state index in [0.717, 1.165) is 43.1 Å². The van der Waals surface area contributed by atoms with Gasteiger partial charge in [-0.15, -0.1) is 0 Å². The highest BCUT2D eigenvalue weighted by atomic mass is 32.2. The van der Waals surface area contributed by atoms with Crippen molar-refractivity contribution in [2.24, 2.45) is 5.92 Å². The van der Waals surface area contributed by atoms with E-state index in [2.05, 4.69) is 9.88 Å². The minimum absolute atomic E-state index is 0.0119. The van der Waals surface area contributed by atoms with Gasteiger partial charge in [0.25, 0.3) is 5.56 Å². The number of nitrogens with zero attached hydrogens (tertiary/aromatic N) is 4. The summed E-state index contributed by atoms with van der Waals surface area (Å²) in [4.78, 5) is 34.3. The van der Waals surface area contributed by atoms with E-state index >= 15 is 0 Å². The lowest BCUT2D eigenvalue weighted by atomic mass is 9.94. The lowest BCUT2D eigenvalue weighted by Crippen LogP contribution is -2.54. The maximum Gasteiger partial charge on any atom is 0.257 e. The lowest BCUT2D eigenvalue weighted by Gasteiger charge is -2.41. The van der Waals surface area contributed by atoms with Crippen molar-refractivity contribution in [2.75, 3.05) is 31.9 Å². The predicted octanol–water partition coefficient (Wildman–Crippen LogP) is 1.75. The van der Waals surface area contributed by atoms with Gasteiger partial charge in [-0.2, -0.15) is 0 Å². The predicted molar refractivity (Wildman–Crippen MR) is 102 cm³/mol.